The van der Waals surface area contributed by atoms with Crippen LogP contribution in [0.4, 0.5) is 5.69 Å². The van der Waals surface area contributed by atoms with E-state index < -0.39 is 0 Å². The van der Waals surface area contributed by atoms with Gasteiger partial charge in [0.05, 0.1) is 0 Å². The molecule has 0 spiro atoms. The van der Waals surface area contributed by atoms with E-state index in [2.05, 4.69) is 185 Å². The van der Waals surface area contributed by atoms with Gasteiger partial charge >= 0.3 is 0 Å². The van der Waals surface area contributed by atoms with Crippen LogP contribution in [0.15, 0.2) is 224 Å². The molecular weight excluding hydrogens is 591 g/mol. The molecule has 1 nitrogen and oxygen atoms in total. The highest BCUT2D eigenvalue weighted by Crippen LogP contribution is 2.36. The van der Waals surface area contributed by atoms with E-state index in [0.717, 1.165) is 28.1 Å². The Morgan fingerprint density at radius 1 is 0.592 bits per heavy atom. The zero-order valence-corrected chi connectivity index (χ0v) is 29.3. The van der Waals surface area contributed by atoms with Crippen LogP contribution in [-0.2, 0) is 0 Å². The van der Waals surface area contributed by atoms with Crippen molar-refractivity contribution in [3.8, 4) is 22.3 Å². The third kappa shape index (κ3) is 10.3. The van der Waals surface area contributed by atoms with E-state index in [1.807, 2.05) is 43.4 Å². The molecule has 0 fully saturated rings. The van der Waals surface area contributed by atoms with Gasteiger partial charge in [-0.3, -0.25) is 0 Å². The van der Waals surface area contributed by atoms with Crippen molar-refractivity contribution in [2.45, 2.75) is 27.7 Å². The molecular formula is C48H47N. The number of rotatable bonds is 14. The van der Waals surface area contributed by atoms with Crippen LogP contribution < -0.4 is 4.90 Å². The van der Waals surface area contributed by atoms with Crippen molar-refractivity contribution >= 4 is 11.3 Å². The highest BCUT2D eigenvalue weighted by atomic mass is 15.1. The third-order valence-corrected chi connectivity index (χ3v) is 8.21. The van der Waals surface area contributed by atoms with E-state index in [9.17, 15) is 0 Å². The average molecular weight is 638 g/mol. The Morgan fingerprint density at radius 3 is 1.82 bits per heavy atom. The van der Waals surface area contributed by atoms with Gasteiger partial charge in [-0.1, -0.05) is 171 Å². The minimum Gasteiger partial charge on any atom is -0.321 e. The number of hydrogen-bond acceptors (Lipinski definition) is 1. The van der Waals surface area contributed by atoms with E-state index in [-0.39, 0.29) is 0 Å². The molecule has 0 aromatic heterocycles. The molecule has 0 aliphatic carbocycles. The van der Waals surface area contributed by atoms with Gasteiger partial charge in [0, 0.05) is 17.6 Å². The van der Waals surface area contributed by atoms with E-state index in [4.69, 9.17) is 0 Å². The fourth-order valence-corrected chi connectivity index (χ4v) is 5.34. The van der Waals surface area contributed by atoms with Gasteiger partial charge < -0.3 is 4.90 Å². The van der Waals surface area contributed by atoms with E-state index >= 15 is 0 Å². The quantitative estimate of drug-likeness (QED) is 0.124. The summed E-state index contributed by atoms with van der Waals surface area (Å²) in [5, 5.41) is 0. The molecule has 1 heteroatoms. The first-order chi connectivity index (χ1) is 24.0. The fraction of sp³-hybridized carbons (Fsp3) is 0.0833. The van der Waals surface area contributed by atoms with Crippen LogP contribution in [0.25, 0.3) is 27.8 Å². The maximum absolute atomic E-state index is 4.17. The number of allylic oxidation sites excluding steroid dienone is 17. The highest BCUT2D eigenvalue weighted by Gasteiger charge is 2.13. The Kier molecular flexibility index (Phi) is 14.0. The van der Waals surface area contributed by atoms with E-state index in [1.165, 1.54) is 33.4 Å². The van der Waals surface area contributed by atoms with Gasteiger partial charge in [-0.25, -0.2) is 0 Å². The van der Waals surface area contributed by atoms with Crippen molar-refractivity contribution in [1.29, 1.82) is 0 Å². The lowest BCUT2D eigenvalue weighted by Gasteiger charge is -2.24. The number of anilines is 1. The minimum absolute atomic E-state index is 1.02. The third-order valence-electron chi connectivity index (χ3n) is 8.21. The summed E-state index contributed by atoms with van der Waals surface area (Å²) in [5.41, 5.74) is 12.5. The second-order valence-electron chi connectivity index (χ2n) is 11.6. The van der Waals surface area contributed by atoms with Crippen LogP contribution in [0.2, 0.25) is 0 Å². The first-order valence-corrected chi connectivity index (χ1v) is 16.7. The minimum atomic E-state index is 1.02. The van der Waals surface area contributed by atoms with Gasteiger partial charge in [0.2, 0.25) is 0 Å². The molecule has 49 heavy (non-hydrogen) atoms. The summed E-state index contributed by atoms with van der Waals surface area (Å²) in [6.45, 7) is 16.4. The lowest BCUT2D eigenvalue weighted by Crippen LogP contribution is -2.13. The Balaban J connectivity index is 1.93. The lowest BCUT2D eigenvalue weighted by molar-refractivity contribution is 1.15. The second-order valence-corrected chi connectivity index (χ2v) is 11.6. The first kappa shape index (κ1) is 35.9. The van der Waals surface area contributed by atoms with Crippen LogP contribution in [0.1, 0.15) is 33.3 Å². The number of benzene rings is 4. The van der Waals surface area contributed by atoms with Crippen molar-refractivity contribution in [1.82, 2.24) is 0 Å². The highest BCUT2D eigenvalue weighted by molar-refractivity contribution is 5.87. The van der Waals surface area contributed by atoms with Crippen molar-refractivity contribution in [2.24, 2.45) is 0 Å². The zero-order valence-electron chi connectivity index (χ0n) is 29.3. The Labute approximate surface area is 294 Å². The van der Waals surface area contributed by atoms with Gasteiger partial charge in [0.1, 0.15) is 0 Å². The van der Waals surface area contributed by atoms with E-state index in [1.54, 1.807) is 6.08 Å². The number of hydrogen-bond donors (Lipinski definition) is 0. The SMILES string of the molecule is C=C\C=C/C=C/C(C=C)=C(/C=C/N(/C(C)=C/C=C(C)/C(C)=C/C=C\C)c1ccc(-c2ccccc2)c(-c2ccccc2)c1)c1ccccc1. The van der Waals surface area contributed by atoms with Crippen LogP contribution >= 0.6 is 0 Å². The van der Waals surface area contributed by atoms with Crippen molar-refractivity contribution in [3.63, 3.8) is 0 Å². The summed E-state index contributed by atoms with van der Waals surface area (Å²) in [5.74, 6) is 0. The summed E-state index contributed by atoms with van der Waals surface area (Å²) < 4.78 is 0. The molecule has 0 saturated heterocycles. The van der Waals surface area contributed by atoms with Gasteiger partial charge in [0.25, 0.3) is 0 Å². The van der Waals surface area contributed by atoms with Crippen molar-refractivity contribution < 1.29 is 0 Å². The molecule has 0 radical (unpaired) electrons. The molecule has 4 aromatic rings. The van der Waals surface area contributed by atoms with Crippen LogP contribution in [-0.4, -0.2) is 0 Å². The zero-order chi connectivity index (χ0) is 34.8. The molecule has 0 N–H and O–H groups in total. The number of nitrogens with zero attached hydrogens (tertiary/aromatic N) is 1. The molecule has 0 aliphatic heterocycles. The van der Waals surface area contributed by atoms with Crippen molar-refractivity contribution in [3.05, 3.63) is 229 Å². The summed E-state index contributed by atoms with van der Waals surface area (Å²) in [6, 6.07) is 38.4. The van der Waals surface area contributed by atoms with Gasteiger partial charge in [-0.2, -0.15) is 0 Å². The topological polar surface area (TPSA) is 3.24 Å². The van der Waals surface area contributed by atoms with Gasteiger partial charge in [0.15, 0.2) is 0 Å². The molecule has 4 rings (SSSR count). The summed E-state index contributed by atoms with van der Waals surface area (Å²) in [4.78, 5) is 2.26. The Morgan fingerprint density at radius 2 is 1.20 bits per heavy atom. The fourth-order valence-electron chi connectivity index (χ4n) is 5.34. The monoisotopic (exact) mass is 637 g/mol. The predicted octanol–water partition coefficient (Wildman–Crippen LogP) is 13.7. The van der Waals surface area contributed by atoms with Crippen LogP contribution in [0.3, 0.4) is 0 Å². The first-order valence-electron chi connectivity index (χ1n) is 16.7. The predicted molar refractivity (Wildman–Crippen MR) is 217 cm³/mol. The Hall–Kier alpha value is -5.92. The molecule has 0 aliphatic rings. The molecule has 0 unspecified atom stereocenters. The molecule has 4 aromatic carbocycles. The molecule has 0 atom stereocenters. The summed E-state index contributed by atoms with van der Waals surface area (Å²) in [6.07, 6.45) is 26.7. The molecule has 0 saturated carbocycles. The molecule has 244 valence electrons. The van der Waals surface area contributed by atoms with Gasteiger partial charge in [-0.05, 0) is 102 Å². The smallest absolute Gasteiger partial charge is 0.0458 e. The molecule has 0 bridgehead atoms. The molecule has 0 amide bonds. The average Bonchev–Trinajstić information content (AvgIpc) is 3.15. The standard InChI is InChI=1S/C48H47N/c1-7-10-12-16-24-41(9-3)46(42-25-17-13-18-26-42)35-36-49(40(6)32-31-39(5)38(4)23-11-8-2)45-33-34-47(43-27-19-14-20-28-43)48(37-45)44-29-21-15-22-30-44/h7-37H,1,3H2,2,4-6H3/b11-8-,12-10-,24-16+,36-35+,38-23+,39-31+,40-32+,46-41-. The van der Waals surface area contributed by atoms with Crippen molar-refractivity contribution in [2.75, 3.05) is 4.90 Å². The lowest BCUT2D eigenvalue weighted by atomic mass is 9.93. The largest absolute Gasteiger partial charge is 0.321 e. The summed E-state index contributed by atoms with van der Waals surface area (Å²) >= 11 is 0. The maximum Gasteiger partial charge on any atom is 0.0458 e. The normalized spacial score (nSPS) is 13.4. The van der Waals surface area contributed by atoms with Crippen LogP contribution in [0.5, 0.6) is 0 Å². The van der Waals surface area contributed by atoms with E-state index in [0.29, 0.717) is 0 Å². The van der Waals surface area contributed by atoms with Crippen LogP contribution in [0, 0.1) is 0 Å². The second kappa shape index (κ2) is 19.0. The Bertz CT molecular complexity index is 1940. The summed E-state index contributed by atoms with van der Waals surface area (Å²) in [7, 11) is 0. The molecule has 0 heterocycles. The maximum atomic E-state index is 4.17. The van der Waals surface area contributed by atoms with Gasteiger partial charge in [-0.15, -0.1) is 0 Å².